The lowest BCUT2D eigenvalue weighted by Gasteiger charge is -2.31. The highest BCUT2D eigenvalue weighted by atomic mass is 16.5. The van der Waals surface area contributed by atoms with Crippen LogP contribution in [-0.2, 0) is 24.3 Å². The van der Waals surface area contributed by atoms with Gasteiger partial charge in [0, 0.05) is 26.0 Å². The van der Waals surface area contributed by atoms with Crippen molar-refractivity contribution in [1.29, 1.82) is 0 Å². The van der Waals surface area contributed by atoms with E-state index in [1.54, 1.807) is 7.11 Å². The minimum atomic E-state index is 0.357. The van der Waals surface area contributed by atoms with Crippen molar-refractivity contribution in [2.24, 2.45) is 5.92 Å². The molecule has 0 aromatic carbocycles. The Kier molecular flexibility index (Phi) is 6.69. The van der Waals surface area contributed by atoms with Gasteiger partial charge < -0.3 is 13.8 Å². The van der Waals surface area contributed by atoms with Gasteiger partial charge in [0.2, 0.25) is 5.89 Å². The molecule has 154 valence electrons. The average molecular weight is 390 g/mol. The molecule has 1 unspecified atom stereocenters. The number of piperidine rings is 1. The van der Waals surface area contributed by atoms with E-state index in [-0.39, 0.29) is 0 Å². The van der Waals surface area contributed by atoms with E-state index in [1.165, 1.54) is 44.9 Å². The van der Waals surface area contributed by atoms with Crippen LogP contribution in [0.4, 0.5) is 0 Å². The first-order valence-electron chi connectivity index (χ1n) is 10.7. The van der Waals surface area contributed by atoms with E-state index in [9.17, 15) is 0 Å². The predicted molar refractivity (Wildman–Crippen MR) is 101 cm³/mol. The Morgan fingerprint density at radius 2 is 1.79 bits per heavy atom. The molecule has 0 radical (unpaired) electrons. The fraction of sp³-hybridized carbons (Fsp3) is 0.800. The highest BCUT2D eigenvalue weighted by molar-refractivity contribution is 4.97. The van der Waals surface area contributed by atoms with Crippen molar-refractivity contribution in [2.45, 2.75) is 76.9 Å². The van der Waals surface area contributed by atoms with Gasteiger partial charge in [0.25, 0.3) is 5.89 Å². The van der Waals surface area contributed by atoms with Gasteiger partial charge in [-0.15, -0.1) is 0 Å². The molecule has 1 aliphatic carbocycles. The molecule has 1 aliphatic heterocycles. The van der Waals surface area contributed by atoms with Crippen molar-refractivity contribution in [3.63, 3.8) is 0 Å². The van der Waals surface area contributed by atoms with E-state index in [2.05, 4.69) is 20.2 Å². The summed E-state index contributed by atoms with van der Waals surface area (Å²) in [5.41, 5.74) is 0. The fourth-order valence-electron chi connectivity index (χ4n) is 4.50. The number of aromatic nitrogens is 4. The number of ether oxygens (including phenoxy) is 1. The molecule has 0 amide bonds. The van der Waals surface area contributed by atoms with Crippen LogP contribution in [0.3, 0.4) is 0 Å². The van der Waals surface area contributed by atoms with Crippen LogP contribution in [0.1, 0.15) is 80.7 Å². The summed E-state index contributed by atoms with van der Waals surface area (Å²) in [6, 6.07) is 0. The van der Waals surface area contributed by atoms with Crippen LogP contribution in [-0.4, -0.2) is 45.4 Å². The molecule has 0 N–H and O–H groups in total. The Balaban J connectivity index is 1.29. The predicted octanol–water partition coefficient (Wildman–Crippen LogP) is 3.49. The van der Waals surface area contributed by atoms with Crippen molar-refractivity contribution < 1.29 is 13.8 Å². The van der Waals surface area contributed by atoms with Crippen molar-refractivity contribution in [2.75, 3.05) is 20.2 Å². The second-order valence-corrected chi connectivity index (χ2v) is 8.22. The summed E-state index contributed by atoms with van der Waals surface area (Å²) < 4.78 is 15.8. The monoisotopic (exact) mass is 389 g/mol. The first-order valence-corrected chi connectivity index (χ1v) is 10.7. The van der Waals surface area contributed by atoms with E-state index < -0.39 is 0 Å². The summed E-state index contributed by atoms with van der Waals surface area (Å²) in [7, 11) is 1.62. The molecule has 8 heteroatoms. The van der Waals surface area contributed by atoms with Crippen LogP contribution in [0.25, 0.3) is 0 Å². The van der Waals surface area contributed by atoms with Gasteiger partial charge in [0.05, 0.1) is 6.54 Å². The Hall–Kier alpha value is -1.80. The first-order chi connectivity index (χ1) is 13.8. The maximum atomic E-state index is 5.61. The smallest absolute Gasteiger partial charge is 0.252 e. The molecule has 8 nitrogen and oxygen atoms in total. The normalized spacial score (nSPS) is 22.4. The molecule has 1 saturated carbocycles. The molecular weight excluding hydrogens is 358 g/mol. The second kappa shape index (κ2) is 9.60. The van der Waals surface area contributed by atoms with Gasteiger partial charge in [-0.25, -0.2) is 0 Å². The summed E-state index contributed by atoms with van der Waals surface area (Å²) in [6.07, 6.45) is 10.9. The summed E-state index contributed by atoms with van der Waals surface area (Å²) in [6.45, 7) is 3.12. The Morgan fingerprint density at radius 3 is 2.61 bits per heavy atom. The number of nitrogens with zero attached hydrogens (tertiary/aromatic N) is 5. The lowest BCUT2D eigenvalue weighted by molar-refractivity contribution is 0.150. The first kappa shape index (κ1) is 19.5. The van der Waals surface area contributed by atoms with Crippen LogP contribution >= 0.6 is 0 Å². The minimum Gasteiger partial charge on any atom is -0.375 e. The van der Waals surface area contributed by atoms with Gasteiger partial charge in [-0.05, 0) is 38.1 Å². The van der Waals surface area contributed by atoms with Crippen molar-refractivity contribution >= 4 is 0 Å². The third kappa shape index (κ3) is 5.17. The van der Waals surface area contributed by atoms with E-state index in [0.717, 1.165) is 43.5 Å². The van der Waals surface area contributed by atoms with Gasteiger partial charge in [-0.3, -0.25) is 4.90 Å². The van der Waals surface area contributed by atoms with Crippen molar-refractivity contribution in [3.8, 4) is 0 Å². The maximum Gasteiger partial charge on any atom is 0.252 e. The molecule has 2 aliphatic rings. The molecule has 2 aromatic heterocycles. The van der Waals surface area contributed by atoms with Gasteiger partial charge in [-0.2, -0.15) is 9.97 Å². The summed E-state index contributed by atoms with van der Waals surface area (Å²) in [5, 5.41) is 8.36. The Labute approximate surface area is 166 Å². The Bertz CT molecular complexity index is 723. The minimum absolute atomic E-state index is 0.357. The van der Waals surface area contributed by atoms with Crippen LogP contribution in [0, 0.1) is 5.92 Å². The molecule has 2 fully saturated rings. The maximum absolute atomic E-state index is 5.61. The summed E-state index contributed by atoms with van der Waals surface area (Å²) in [5.74, 6) is 4.00. The largest absolute Gasteiger partial charge is 0.375 e. The topological polar surface area (TPSA) is 90.3 Å². The molecular formula is C20H31N5O3. The molecule has 28 heavy (non-hydrogen) atoms. The summed E-state index contributed by atoms with van der Waals surface area (Å²) in [4.78, 5) is 11.5. The molecule has 0 bridgehead atoms. The van der Waals surface area contributed by atoms with Crippen LogP contribution in [0.15, 0.2) is 9.05 Å². The highest BCUT2D eigenvalue weighted by Gasteiger charge is 2.25. The quantitative estimate of drug-likeness (QED) is 0.665. The van der Waals surface area contributed by atoms with E-state index in [1.807, 2.05) is 0 Å². The number of hydrogen-bond donors (Lipinski definition) is 0. The van der Waals surface area contributed by atoms with Crippen molar-refractivity contribution in [1.82, 2.24) is 25.2 Å². The fourth-order valence-corrected chi connectivity index (χ4v) is 4.50. The van der Waals surface area contributed by atoms with Gasteiger partial charge in [0.1, 0.15) is 6.61 Å². The lowest BCUT2D eigenvalue weighted by atomic mass is 9.94. The van der Waals surface area contributed by atoms with E-state index in [4.69, 9.17) is 18.8 Å². The Morgan fingerprint density at radius 1 is 0.964 bits per heavy atom. The van der Waals surface area contributed by atoms with Gasteiger partial charge in [0.15, 0.2) is 11.6 Å². The SMILES string of the molecule is COCc1nc(CN2CCCC(Cc3nc(C4CCCCCC4)no3)C2)no1. The third-order valence-electron chi connectivity index (χ3n) is 5.91. The molecule has 4 rings (SSSR count). The van der Waals surface area contributed by atoms with E-state index in [0.29, 0.717) is 30.9 Å². The highest BCUT2D eigenvalue weighted by Crippen LogP contribution is 2.30. The van der Waals surface area contributed by atoms with Crippen LogP contribution in [0.5, 0.6) is 0 Å². The van der Waals surface area contributed by atoms with Gasteiger partial charge >= 0.3 is 0 Å². The lowest BCUT2D eigenvalue weighted by Crippen LogP contribution is -2.36. The molecule has 0 spiro atoms. The number of rotatable bonds is 7. The molecule has 1 saturated heterocycles. The molecule has 1 atom stereocenters. The van der Waals surface area contributed by atoms with E-state index >= 15 is 0 Å². The van der Waals surface area contributed by atoms with Gasteiger partial charge in [-0.1, -0.05) is 36.0 Å². The number of likely N-dealkylation sites (tertiary alicyclic amines) is 1. The van der Waals surface area contributed by atoms with Crippen LogP contribution < -0.4 is 0 Å². The standard InChI is InChI=1S/C20H31N5O3/c1-26-14-19-21-17(23-28-19)13-25-10-6-7-15(12-25)11-18-22-20(24-27-18)16-8-4-2-3-5-9-16/h15-16H,2-14H2,1H3. The second-order valence-electron chi connectivity index (χ2n) is 8.22. The zero-order valence-electron chi connectivity index (χ0n) is 16.8. The van der Waals surface area contributed by atoms with Crippen LogP contribution in [0.2, 0.25) is 0 Å². The average Bonchev–Trinajstić information content (AvgIpc) is 3.24. The van der Waals surface area contributed by atoms with Crippen molar-refractivity contribution in [3.05, 3.63) is 23.4 Å². The zero-order chi connectivity index (χ0) is 19.2. The number of hydrogen-bond acceptors (Lipinski definition) is 8. The molecule has 2 aromatic rings. The third-order valence-corrected chi connectivity index (χ3v) is 5.91. The summed E-state index contributed by atoms with van der Waals surface area (Å²) >= 11 is 0. The molecule has 3 heterocycles. The number of methoxy groups -OCH3 is 1. The zero-order valence-corrected chi connectivity index (χ0v) is 16.8.